The number of urea groups is 1. The average Bonchev–Trinajstić information content (AvgIpc) is 2.93. The summed E-state index contributed by atoms with van der Waals surface area (Å²) in [4.78, 5) is 23.0. The number of carbonyl (C=O) groups is 1. The van der Waals surface area contributed by atoms with Crippen LogP contribution in [0.1, 0.15) is 24.0 Å². The number of aryl methyl sites for hydroxylation is 1. The standard InChI is InChI=1S/C27H32F3N7O4S/c1-18-3-4-21(15-23(18)27(28,29)30)36-26(38)35-20-5-7-22(8-6-20)41-25-16-24(32-17-33-25)37-13-9-19(10-14-37)31-11-12-34-42(2,39)40/h3-8,15-17,19,31,34H,9-14H2,1-2H3,(H2,35,36,38). The third-order valence-electron chi connectivity index (χ3n) is 6.50. The minimum absolute atomic E-state index is 0.0207. The average molecular weight is 608 g/mol. The first-order chi connectivity index (χ1) is 19.9. The number of piperidine rings is 1. The largest absolute Gasteiger partial charge is 0.439 e. The van der Waals surface area contributed by atoms with E-state index >= 15 is 0 Å². The minimum atomic E-state index is -4.52. The summed E-state index contributed by atoms with van der Waals surface area (Å²) in [7, 11) is -3.20. The third kappa shape index (κ3) is 9.29. The monoisotopic (exact) mass is 607 g/mol. The van der Waals surface area contributed by atoms with Gasteiger partial charge >= 0.3 is 12.2 Å². The molecule has 42 heavy (non-hydrogen) atoms. The highest BCUT2D eigenvalue weighted by Gasteiger charge is 2.32. The van der Waals surface area contributed by atoms with Gasteiger partial charge in [0.2, 0.25) is 15.9 Å². The van der Waals surface area contributed by atoms with Crippen molar-refractivity contribution in [3.05, 3.63) is 66.0 Å². The molecule has 1 aliphatic rings. The maximum absolute atomic E-state index is 13.1. The van der Waals surface area contributed by atoms with Crippen LogP contribution in [0.15, 0.2) is 54.9 Å². The Morgan fingerprint density at radius 3 is 2.33 bits per heavy atom. The highest BCUT2D eigenvalue weighted by Crippen LogP contribution is 2.33. The van der Waals surface area contributed by atoms with Crippen LogP contribution in [0.2, 0.25) is 0 Å². The summed E-state index contributed by atoms with van der Waals surface area (Å²) in [5.41, 5.74) is -0.314. The first kappa shape index (κ1) is 31.0. The first-order valence-corrected chi connectivity index (χ1v) is 15.0. The number of carbonyl (C=O) groups excluding carboxylic acids is 1. The molecule has 4 N–H and O–H groups in total. The van der Waals surface area contributed by atoms with E-state index in [4.69, 9.17) is 4.74 Å². The second-order valence-corrected chi connectivity index (χ2v) is 11.7. The quantitative estimate of drug-likeness (QED) is 0.250. The molecule has 1 aromatic heterocycles. The number of nitrogens with one attached hydrogen (secondary N) is 4. The molecule has 11 nitrogen and oxygen atoms in total. The molecule has 1 fully saturated rings. The van der Waals surface area contributed by atoms with Gasteiger partial charge in [-0.15, -0.1) is 0 Å². The van der Waals surface area contributed by atoms with Crippen molar-refractivity contribution in [2.75, 3.05) is 48.0 Å². The Hall–Kier alpha value is -3.95. The van der Waals surface area contributed by atoms with Crippen LogP contribution in [0.5, 0.6) is 11.6 Å². The van der Waals surface area contributed by atoms with Crippen molar-refractivity contribution in [2.24, 2.45) is 0 Å². The van der Waals surface area contributed by atoms with Gasteiger partial charge in [-0.2, -0.15) is 13.2 Å². The van der Waals surface area contributed by atoms with E-state index in [1.165, 1.54) is 25.4 Å². The van der Waals surface area contributed by atoms with Crippen molar-refractivity contribution in [2.45, 2.75) is 32.0 Å². The number of aromatic nitrogens is 2. The molecule has 0 atom stereocenters. The van der Waals surface area contributed by atoms with Crippen molar-refractivity contribution >= 4 is 33.2 Å². The molecule has 2 amide bonds. The van der Waals surface area contributed by atoms with Crippen LogP contribution < -0.4 is 30.3 Å². The number of halogens is 3. The van der Waals surface area contributed by atoms with E-state index in [1.807, 2.05) is 0 Å². The number of amides is 2. The van der Waals surface area contributed by atoms with E-state index in [0.717, 1.165) is 44.1 Å². The molecule has 0 spiro atoms. The number of sulfonamides is 1. The molecule has 226 valence electrons. The fourth-order valence-corrected chi connectivity index (χ4v) is 4.88. The molecule has 1 aliphatic heterocycles. The summed E-state index contributed by atoms with van der Waals surface area (Å²) in [6, 6.07) is 11.4. The molecule has 1 saturated heterocycles. The summed E-state index contributed by atoms with van der Waals surface area (Å²) in [5, 5.41) is 8.35. The van der Waals surface area contributed by atoms with Gasteiger partial charge in [-0.1, -0.05) is 6.07 Å². The van der Waals surface area contributed by atoms with Crippen molar-refractivity contribution < 1.29 is 31.1 Å². The number of alkyl halides is 3. The Kier molecular flexibility index (Phi) is 9.85. The van der Waals surface area contributed by atoms with Gasteiger partial charge in [-0.05, 0) is 61.7 Å². The number of rotatable bonds is 10. The van der Waals surface area contributed by atoms with E-state index in [2.05, 4.69) is 35.5 Å². The molecule has 4 rings (SSSR count). The van der Waals surface area contributed by atoms with Gasteiger partial charge in [0.25, 0.3) is 0 Å². The fourth-order valence-electron chi connectivity index (χ4n) is 4.41. The lowest BCUT2D eigenvalue weighted by Gasteiger charge is -2.33. The Balaban J connectivity index is 1.26. The molecule has 0 radical (unpaired) electrons. The second-order valence-electron chi connectivity index (χ2n) is 9.83. The number of ether oxygens (including phenoxy) is 1. The summed E-state index contributed by atoms with van der Waals surface area (Å²) < 4.78 is 70.1. The van der Waals surface area contributed by atoms with Gasteiger partial charge in [-0.25, -0.2) is 27.9 Å². The molecule has 15 heteroatoms. The molecular weight excluding hydrogens is 575 g/mol. The van der Waals surface area contributed by atoms with Crippen molar-refractivity contribution in [1.82, 2.24) is 20.0 Å². The highest BCUT2D eigenvalue weighted by atomic mass is 32.2. The molecule has 0 bridgehead atoms. The Bertz CT molecular complexity index is 1480. The topological polar surface area (TPSA) is 138 Å². The molecule has 2 heterocycles. The number of hydrogen-bond acceptors (Lipinski definition) is 8. The maximum Gasteiger partial charge on any atom is 0.416 e. The van der Waals surface area contributed by atoms with Crippen LogP contribution >= 0.6 is 0 Å². The minimum Gasteiger partial charge on any atom is -0.439 e. The summed E-state index contributed by atoms with van der Waals surface area (Å²) in [6.45, 7) is 3.77. The maximum atomic E-state index is 13.1. The number of hydrogen-bond donors (Lipinski definition) is 4. The lowest BCUT2D eigenvalue weighted by molar-refractivity contribution is -0.138. The lowest BCUT2D eigenvalue weighted by atomic mass is 10.1. The third-order valence-corrected chi connectivity index (χ3v) is 7.23. The van der Waals surface area contributed by atoms with E-state index in [1.54, 1.807) is 30.3 Å². The van der Waals surface area contributed by atoms with E-state index in [9.17, 15) is 26.4 Å². The second kappa shape index (κ2) is 13.4. The fraction of sp³-hybridized carbons (Fsp3) is 0.370. The zero-order chi connectivity index (χ0) is 30.3. The van der Waals surface area contributed by atoms with Crippen molar-refractivity contribution in [1.29, 1.82) is 0 Å². The van der Waals surface area contributed by atoms with E-state index in [0.29, 0.717) is 30.4 Å². The Morgan fingerprint density at radius 1 is 1.00 bits per heavy atom. The summed E-state index contributed by atoms with van der Waals surface area (Å²) >= 11 is 0. The molecule has 0 aliphatic carbocycles. The van der Waals surface area contributed by atoms with Crippen molar-refractivity contribution in [3.8, 4) is 11.6 Å². The van der Waals surface area contributed by atoms with Crippen LogP contribution in [0.3, 0.4) is 0 Å². The smallest absolute Gasteiger partial charge is 0.416 e. The highest BCUT2D eigenvalue weighted by molar-refractivity contribution is 7.88. The van der Waals surface area contributed by atoms with Gasteiger partial charge in [-0.3, -0.25) is 0 Å². The van der Waals surface area contributed by atoms with Crippen LogP contribution in [0.4, 0.5) is 35.2 Å². The van der Waals surface area contributed by atoms with Gasteiger partial charge in [0, 0.05) is 49.7 Å². The van der Waals surface area contributed by atoms with Gasteiger partial charge < -0.3 is 25.6 Å². The van der Waals surface area contributed by atoms with Crippen LogP contribution in [-0.4, -0.2) is 62.9 Å². The summed E-state index contributed by atoms with van der Waals surface area (Å²) in [6.07, 6.45) is -0.228. The summed E-state index contributed by atoms with van der Waals surface area (Å²) in [5.74, 6) is 1.52. The lowest BCUT2D eigenvalue weighted by Crippen LogP contribution is -2.44. The normalized spacial score (nSPS) is 14.5. The molecule has 3 aromatic rings. The van der Waals surface area contributed by atoms with Crippen LogP contribution in [0, 0.1) is 6.92 Å². The number of nitrogens with zero attached hydrogens (tertiary/aromatic N) is 3. The molecular formula is C27H32F3N7O4S. The van der Waals surface area contributed by atoms with E-state index < -0.39 is 27.8 Å². The molecule has 0 unspecified atom stereocenters. The number of benzene rings is 2. The first-order valence-electron chi connectivity index (χ1n) is 13.1. The molecule has 0 saturated carbocycles. The van der Waals surface area contributed by atoms with Gasteiger partial charge in [0.15, 0.2) is 0 Å². The number of anilines is 3. The van der Waals surface area contributed by atoms with Gasteiger partial charge in [0.1, 0.15) is 17.9 Å². The van der Waals surface area contributed by atoms with E-state index in [-0.39, 0.29) is 17.3 Å². The predicted molar refractivity (Wildman–Crippen MR) is 153 cm³/mol. The van der Waals surface area contributed by atoms with Gasteiger partial charge in [0.05, 0.1) is 11.8 Å². The SMILES string of the molecule is Cc1ccc(NC(=O)Nc2ccc(Oc3cc(N4CCC(NCCNS(C)(=O)=O)CC4)ncn3)cc2)cc1C(F)(F)F. The zero-order valence-corrected chi connectivity index (χ0v) is 23.8. The molecule has 2 aromatic carbocycles. The predicted octanol–water partition coefficient (Wildman–Crippen LogP) is 4.35. The zero-order valence-electron chi connectivity index (χ0n) is 23.0. The Morgan fingerprint density at radius 2 is 1.67 bits per heavy atom. The van der Waals surface area contributed by atoms with Crippen LogP contribution in [0.25, 0.3) is 0 Å². The van der Waals surface area contributed by atoms with Crippen LogP contribution in [-0.2, 0) is 16.2 Å². The van der Waals surface area contributed by atoms with Crippen molar-refractivity contribution in [3.63, 3.8) is 0 Å². The Labute approximate surface area is 241 Å².